The van der Waals surface area contributed by atoms with E-state index in [1.165, 1.54) is 27.3 Å². The van der Waals surface area contributed by atoms with Crippen molar-refractivity contribution in [2.45, 2.75) is 145 Å². The Morgan fingerprint density at radius 2 is 0.794 bits per heavy atom. The number of thiazole rings is 2. The van der Waals surface area contributed by atoms with Crippen LogP contribution in [0.2, 0.25) is 0 Å². The summed E-state index contributed by atoms with van der Waals surface area (Å²) in [5.74, 6) is 1.81. The number of oxazole rings is 2. The normalized spacial score (nSPS) is 8.22. The molecule has 0 saturated heterocycles. The van der Waals surface area contributed by atoms with Gasteiger partial charge in [0.25, 0.3) is 0 Å². The van der Waals surface area contributed by atoms with Gasteiger partial charge in [-0.25, -0.2) is 19.9 Å². The topological polar surface area (TPSA) is 264 Å². The Balaban J connectivity index is -0.000000214. The molecule has 0 aliphatic carbocycles. The summed E-state index contributed by atoms with van der Waals surface area (Å²) in [6.07, 6.45) is 14.6. The maximum Gasteiger partial charge on any atom is 0.181 e. The molecule has 23 heteroatoms. The van der Waals surface area contributed by atoms with Gasteiger partial charge in [0.05, 0.1) is 88.1 Å². The van der Waals surface area contributed by atoms with E-state index in [2.05, 4.69) is 101 Å². The van der Waals surface area contributed by atoms with E-state index in [1.807, 2.05) is 150 Å². The van der Waals surface area contributed by atoms with E-state index in [9.17, 15) is 0 Å². The van der Waals surface area contributed by atoms with Gasteiger partial charge >= 0.3 is 0 Å². The third-order valence-electron chi connectivity index (χ3n) is 6.62. The Kier molecular flexibility index (Phi) is 53.2. The second-order valence-corrected chi connectivity index (χ2v) is 13.5. The van der Waals surface area contributed by atoms with Crippen molar-refractivity contribution in [3.8, 4) is 0 Å². The largest absolute Gasteiger partial charge is 0.449 e. The maximum atomic E-state index is 4.85. The molecule has 0 radical (unpaired) electrons. The molecule has 3 N–H and O–H groups in total. The summed E-state index contributed by atoms with van der Waals surface area (Å²) < 4.78 is 11.3. The Morgan fingerprint density at radius 3 is 0.868 bits per heavy atom. The van der Waals surface area contributed by atoms with Gasteiger partial charge in [0, 0.05) is 30.0 Å². The number of hydrogen-bond donors (Lipinski definition) is 3. The lowest BCUT2D eigenvalue weighted by atomic mass is 10.4. The van der Waals surface area contributed by atoms with Crippen molar-refractivity contribution in [2.24, 2.45) is 14.1 Å². The second-order valence-electron chi connectivity index (χ2n) is 11.4. The van der Waals surface area contributed by atoms with Gasteiger partial charge in [-0.2, -0.15) is 61.2 Å². The van der Waals surface area contributed by atoms with Crippen molar-refractivity contribution in [2.75, 3.05) is 0 Å². The van der Waals surface area contributed by atoms with Gasteiger partial charge in [-0.3, -0.25) is 4.68 Å². The molecule has 0 saturated carbocycles. The van der Waals surface area contributed by atoms with Crippen LogP contribution in [0.5, 0.6) is 0 Å². The predicted molar refractivity (Wildman–Crippen MR) is 277 cm³/mol. The standard InChI is InChI=1S/2C5H7NO.2C5H7NS.5C3H5N3.5C2H6/c4*1-4-5(2)7-3-6-4;1-6-3-2-4-5-6;1-6-4-2-3-5-6;3*1-3-2-4-6-5-3;5*1-2/h4*3H,1-2H3;2*2-3H,1H3;3*2H,1H3,(H,4,5,6);5*1-2H3. The zero-order chi connectivity index (χ0) is 53.1. The molecule has 0 unspecified atom stereocenters. The van der Waals surface area contributed by atoms with E-state index in [4.69, 9.17) is 8.83 Å². The predicted octanol–water partition coefficient (Wildman–Crippen LogP) is 11.2. The fourth-order valence-electron chi connectivity index (χ4n) is 2.77. The van der Waals surface area contributed by atoms with E-state index >= 15 is 0 Å². The summed E-state index contributed by atoms with van der Waals surface area (Å²) in [6, 6.07) is 0. The first-order chi connectivity index (χ1) is 32.7. The molecule has 0 bridgehead atoms. The Labute approximate surface area is 413 Å². The lowest BCUT2D eigenvalue weighted by Gasteiger charge is -1.77. The minimum atomic E-state index is 0.903. The molecule has 0 spiro atoms. The highest BCUT2D eigenvalue weighted by molar-refractivity contribution is 7.09. The van der Waals surface area contributed by atoms with Crippen LogP contribution in [-0.2, 0) is 14.1 Å². The molecular weight excluding hydrogens is 903 g/mol. The fourth-order valence-corrected chi connectivity index (χ4v) is 3.95. The average molecular weight is 986 g/mol. The summed E-state index contributed by atoms with van der Waals surface area (Å²) >= 11 is 3.39. The van der Waals surface area contributed by atoms with Gasteiger partial charge in [-0.05, 0) is 76.2 Å². The zero-order valence-electron chi connectivity index (χ0n) is 45.1. The minimum Gasteiger partial charge on any atom is -0.449 e. The third-order valence-corrected chi connectivity index (χ3v) is 8.34. The van der Waals surface area contributed by atoms with Crippen molar-refractivity contribution in [1.82, 2.24) is 96.2 Å². The molecule has 21 nitrogen and oxygen atoms in total. The first-order valence-electron chi connectivity index (χ1n) is 22.2. The molecule has 0 amide bonds. The molecule has 0 aromatic carbocycles. The summed E-state index contributed by atoms with van der Waals surface area (Å²) in [5.41, 5.74) is 10.8. The van der Waals surface area contributed by atoms with Crippen molar-refractivity contribution in [1.29, 1.82) is 0 Å². The van der Waals surface area contributed by atoms with Crippen LogP contribution >= 0.6 is 22.7 Å². The SMILES string of the molecule is CC.CC.CC.CC.CC.Cc1cn[nH]n1.Cc1cn[nH]n1.Cc1cn[nH]n1.Cc1ncoc1C.Cc1ncoc1C.Cc1ncsc1C.Cc1ncsc1C.Cn1ccnn1.Cn1nccn1. The Hall–Kier alpha value is -6.62. The van der Waals surface area contributed by atoms with Crippen molar-refractivity contribution in [3.05, 3.63) is 128 Å². The smallest absolute Gasteiger partial charge is 0.181 e. The number of nitrogens with zero attached hydrogens (tertiary/aromatic N) is 16. The molecule has 68 heavy (non-hydrogen) atoms. The van der Waals surface area contributed by atoms with Crippen molar-refractivity contribution in [3.63, 3.8) is 0 Å². The molecule has 9 heterocycles. The van der Waals surface area contributed by atoms with Gasteiger partial charge in [0.1, 0.15) is 11.5 Å². The van der Waals surface area contributed by atoms with E-state index < -0.39 is 0 Å². The highest BCUT2D eigenvalue weighted by Crippen LogP contribution is 2.08. The van der Waals surface area contributed by atoms with Crippen LogP contribution in [0.1, 0.15) is 130 Å². The summed E-state index contributed by atoms with van der Waals surface area (Å²) in [5, 5.41) is 43.6. The van der Waals surface area contributed by atoms with Gasteiger partial charge < -0.3 is 8.83 Å². The van der Waals surface area contributed by atoms with Gasteiger partial charge in [-0.1, -0.05) is 74.5 Å². The Bertz CT molecular complexity index is 1780. The molecule has 9 rings (SSSR count). The molecule has 0 atom stereocenters. The van der Waals surface area contributed by atoms with Crippen molar-refractivity contribution < 1.29 is 8.83 Å². The van der Waals surface area contributed by atoms with Crippen LogP contribution in [0.15, 0.2) is 76.0 Å². The van der Waals surface area contributed by atoms with Crippen LogP contribution in [0.3, 0.4) is 0 Å². The molecule has 0 fully saturated rings. The van der Waals surface area contributed by atoms with Gasteiger partial charge in [0.15, 0.2) is 12.8 Å². The zero-order valence-corrected chi connectivity index (χ0v) is 46.8. The minimum absolute atomic E-state index is 0.903. The van der Waals surface area contributed by atoms with E-state index in [0.29, 0.717) is 0 Å². The number of nitrogens with one attached hydrogen (secondary N) is 3. The number of aryl methyl sites for hydroxylation is 13. The number of aromatic amines is 3. The molecule has 9 aromatic heterocycles. The van der Waals surface area contributed by atoms with E-state index in [-0.39, 0.29) is 0 Å². The van der Waals surface area contributed by atoms with Crippen molar-refractivity contribution >= 4 is 22.7 Å². The number of aromatic nitrogens is 19. The number of hydrogen-bond acceptors (Lipinski definition) is 18. The second kappa shape index (κ2) is 51.4. The summed E-state index contributed by atoms with van der Waals surface area (Å²) in [7, 11) is 3.60. The fraction of sp³-hybridized carbons (Fsp3) is 0.511. The maximum absolute atomic E-state index is 4.85. The first kappa shape index (κ1) is 70.4. The average Bonchev–Trinajstić information content (AvgIpc) is 4.20. The van der Waals surface area contributed by atoms with Gasteiger partial charge in [-0.15, -0.1) is 27.8 Å². The van der Waals surface area contributed by atoms with Crippen LogP contribution in [0.25, 0.3) is 0 Å². The lowest BCUT2D eigenvalue weighted by Crippen LogP contribution is -1.89. The number of rotatable bonds is 0. The van der Waals surface area contributed by atoms with Crippen LogP contribution in [0, 0.1) is 76.2 Å². The lowest BCUT2D eigenvalue weighted by molar-refractivity contribution is 0.525. The summed E-state index contributed by atoms with van der Waals surface area (Å²) in [6.45, 7) is 41.4. The van der Waals surface area contributed by atoms with E-state index in [1.54, 1.807) is 77.8 Å². The quantitative estimate of drug-likeness (QED) is 0.127. The molecule has 0 aliphatic rings. The Morgan fingerprint density at radius 1 is 0.456 bits per heavy atom. The van der Waals surface area contributed by atoms with E-state index in [0.717, 1.165) is 51.4 Å². The highest BCUT2D eigenvalue weighted by Gasteiger charge is 1.92. The monoisotopic (exact) mass is 986 g/mol. The van der Waals surface area contributed by atoms with Crippen LogP contribution in [0.4, 0.5) is 0 Å². The number of H-pyrrole nitrogens is 3. The third kappa shape index (κ3) is 43.3. The first-order valence-corrected chi connectivity index (χ1v) is 24.0. The molecule has 0 aliphatic heterocycles. The molecule has 9 aromatic rings. The highest BCUT2D eigenvalue weighted by atomic mass is 32.1. The van der Waals surface area contributed by atoms with Crippen LogP contribution < -0.4 is 0 Å². The molecule has 382 valence electrons. The summed E-state index contributed by atoms with van der Waals surface area (Å²) in [4.78, 5) is 19.9. The van der Waals surface area contributed by atoms with Crippen LogP contribution in [-0.4, -0.2) is 96.2 Å². The van der Waals surface area contributed by atoms with Gasteiger partial charge in [0.2, 0.25) is 0 Å². The molecular formula is C45H83N19O2S2.